The first-order valence-electron chi connectivity index (χ1n) is 7.32. The highest BCUT2D eigenvalue weighted by molar-refractivity contribution is 6.01. The Kier molecular flexibility index (Phi) is 5.36. The molecular formula is C18H20N2O3. The number of benzene rings is 2. The number of aliphatic imine (C=N–C) groups is 2. The molecule has 0 saturated heterocycles. The zero-order chi connectivity index (χ0) is 16.8. The number of nitrogens with zero attached hydrogens (tertiary/aromatic N) is 2. The molecule has 2 rings (SSSR count). The Morgan fingerprint density at radius 2 is 1.35 bits per heavy atom. The maximum absolute atomic E-state index is 9.79. The molecule has 5 nitrogen and oxygen atoms in total. The van der Waals surface area contributed by atoms with Gasteiger partial charge in [0.25, 0.3) is 0 Å². The van der Waals surface area contributed by atoms with E-state index in [-0.39, 0.29) is 17.2 Å². The average molecular weight is 312 g/mol. The topological polar surface area (TPSA) is 85.4 Å². The van der Waals surface area contributed by atoms with Crippen LogP contribution in [0.25, 0.3) is 0 Å². The molecule has 0 aromatic heterocycles. The third kappa shape index (κ3) is 4.32. The third-order valence-electron chi connectivity index (χ3n) is 3.46. The number of para-hydroxylation sites is 1. The van der Waals surface area contributed by atoms with Crippen molar-refractivity contribution in [3.8, 4) is 17.2 Å². The van der Waals surface area contributed by atoms with Gasteiger partial charge in [0.05, 0.1) is 13.1 Å². The van der Waals surface area contributed by atoms with Crippen LogP contribution in [0.15, 0.2) is 52.4 Å². The first-order valence-corrected chi connectivity index (χ1v) is 7.32. The predicted octanol–water partition coefficient (Wildman–Crippen LogP) is 3.12. The SMILES string of the molecule is CC(=NCCN=C(C)c1ccc(O)cc1O)c1ccccc1O. The van der Waals surface area contributed by atoms with Crippen molar-refractivity contribution in [1.29, 1.82) is 0 Å². The number of hydrogen-bond donors (Lipinski definition) is 3. The molecule has 2 aromatic carbocycles. The van der Waals surface area contributed by atoms with E-state index in [2.05, 4.69) is 9.98 Å². The second-order valence-electron chi connectivity index (χ2n) is 5.15. The molecule has 0 saturated carbocycles. The van der Waals surface area contributed by atoms with Crippen LogP contribution < -0.4 is 0 Å². The Morgan fingerprint density at radius 3 is 1.91 bits per heavy atom. The van der Waals surface area contributed by atoms with Crippen molar-refractivity contribution in [2.24, 2.45) is 9.98 Å². The molecule has 0 atom stereocenters. The van der Waals surface area contributed by atoms with Gasteiger partial charge in [-0.25, -0.2) is 0 Å². The highest BCUT2D eigenvalue weighted by Crippen LogP contribution is 2.23. The largest absolute Gasteiger partial charge is 0.508 e. The summed E-state index contributed by atoms with van der Waals surface area (Å²) in [5.74, 6) is 0.226. The summed E-state index contributed by atoms with van der Waals surface area (Å²) in [6.45, 7) is 4.59. The van der Waals surface area contributed by atoms with E-state index in [1.807, 2.05) is 19.1 Å². The van der Waals surface area contributed by atoms with E-state index in [4.69, 9.17) is 0 Å². The lowest BCUT2D eigenvalue weighted by molar-refractivity contribution is 0.450. The van der Waals surface area contributed by atoms with Crippen LogP contribution >= 0.6 is 0 Å². The van der Waals surface area contributed by atoms with Gasteiger partial charge in [-0.15, -0.1) is 0 Å². The Hall–Kier alpha value is -2.82. The lowest BCUT2D eigenvalue weighted by Gasteiger charge is -2.05. The molecule has 2 aromatic rings. The first-order chi connectivity index (χ1) is 11.0. The van der Waals surface area contributed by atoms with Crippen LogP contribution in [0, 0.1) is 0 Å². The molecule has 0 bridgehead atoms. The van der Waals surface area contributed by atoms with Gasteiger partial charge in [0.1, 0.15) is 17.2 Å². The van der Waals surface area contributed by atoms with E-state index >= 15 is 0 Å². The first kappa shape index (κ1) is 16.5. The average Bonchev–Trinajstić information content (AvgIpc) is 2.51. The van der Waals surface area contributed by atoms with Crippen molar-refractivity contribution in [3.63, 3.8) is 0 Å². The Balaban J connectivity index is 2.01. The molecule has 0 spiro atoms. The van der Waals surface area contributed by atoms with Gasteiger partial charge in [0, 0.05) is 28.6 Å². The number of phenols is 3. The number of rotatable bonds is 5. The summed E-state index contributed by atoms with van der Waals surface area (Å²) in [6, 6.07) is 11.5. The van der Waals surface area contributed by atoms with Gasteiger partial charge in [-0.1, -0.05) is 12.1 Å². The molecule has 0 fully saturated rings. The van der Waals surface area contributed by atoms with E-state index in [0.717, 1.165) is 5.71 Å². The number of hydrogen-bond acceptors (Lipinski definition) is 5. The predicted molar refractivity (Wildman–Crippen MR) is 92.0 cm³/mol. The molecule has 120 valence electrons. The highest BCUT2D eigenvalue weighted by Gasteiger charge is 2.05. The van der Waals surface area contributed by atoms with Crippen LogP contribution in [0.1, 0.15) is 25.0 Å². The summed E-state index contributed by atoms with van der Waals surface area (Å²) in [5.41, 5.74) is 2.73. The molecule has 3 N–H and O–H groups in total. The Bertz CT molecular complexity index is 752. The van der Waals surface area contributed by atoms with Crippen molar-refractivity contribution >= 4 is 11.4 Å². The van der Waals surface area contributed by atoms with Crippen molar-refractivity contribution in [2.45, 2.75) is 13.8 Å². The Morgan fingerprint density at radius 1 is 0.783 bits per heavy atom. The summed E-state index contributed by atoms with van der Waals surface area (Å²) in [4.78, 5) is 8.78. The molecular weight excluding hydrogens is 292 g/mol. The van der Waals surface area contributed by atoms with E-state index in [9.17, 15) is 15.3 Å². The van der Waals surface area contributed by atoms with Crippen LogP contribution in [-0.2, 0) is 0 Å². The highest BCUT2D eigenvalue weighted by atomic mass is 16.3. The monoisotopic (exact) mass is 312 g/mol. The fourth-order valence-electron chi connectivity index (χ4n) is 2.21. The maximum Gasteiger partial charge on any atom is 0.128 e. The van der Waals surface area contributed by atoms with Crippen molar-refractivity contribution in [2.75, 3.05) is 13.1 Å². The van der Waals surface area contributed by atoms with Gasteiger partial charge in [-0.3, -0.25) is 9.98 Å². The minimum absolute atomic E-state index is 0.000129. The standard InChI is InChI=1S/C18H20N2O3/c1-12(15-5-3-4-6-17(15)22)19-9-10-20-13(2)16-8-7-14(21)11-18(16)23/h3-8,11,21-23H,9-10H2,1-2H3. The van der Waals surface area contributed by atoms with Crippen molar-refractivity contribution < 1.29 is 15.3 Å². The summed E-state index contributed by atoms with van der Waals surface area (Å²) >= 11 is 0. The van der Waals surface area contributed by atoms with Gasteiger partial charge < -0.3 is 15.3 Å². The van der Waals surface area contributed by atoms with E-state index < -0.39 is 0 Å². The molecule has 0 aliphatic rings. The van der Waals surface area contributed by atoms with Crippen molar-refractivity contribution in [1.82, 2.24) is 0 Å². The molecule has 0 aliphatic carbocycles. The van der Waals surface area contributed by atoms with E-state index in [1.165, 1.54) is 12.1 Å². The number of aromatic hydroxyl groups is 3. The second-order valence-corrected chi connectivity index (χ2v) is 5.15. The fourth-order valence-corrected chi connectivity index (χ4v) is 2.21. The van der Waals surface area contributed by atoms with Gasteiger partial charge in [0.2, 0.25) is 0 Å². The van der Waals surface area contributed by atoms with Gasteiger partial charge in [-0.2, -0.15) is 0 Å². The zero-order valence-corrected chi connectivity index (χ0v) is 13.2. The minimum atomic E-state index is 0.000129. The van der Waals surface area contributed by atoms with Crippen molar-refractivity contribution in [3.05, 3.63) is 53.6 Å². The maximum atomic E-state index is 9.79. The smallest absolute Gasteiger partial charge is 0.128 e. The van der Waals surface area contributed by atoms with E-state index in [1.54, 1.807) is 25.1 Å². The lowest BCUT2D eigenvalue weighted by Crippen LogP contribution is -2.01. The molecule has 23 heavy (non-hydrogen) atoms. The minimum Gasteiger partial charge on any atom is -0.508 e. The second kappa shape index (κ2) is 7.45. The summed E-state index contributed by atoms with van der Waals surface area (Å²) in [6.07, 6.45) is 0. The van der Waals surface area contributed by atoms with Crippen LogP contribution in [0.5, 0.6) is 17.2 Å². The third-order valence-corrected chi connectivity index (χ3v) is 3.46. The molecule has 0 aliphatic heterocycles. The quantitative estimate of drug-likeness (QED) is 0.585. The molecule has 0 amide bonds. The normalized spacial score (nSPS) is 12.4. The molecule has 0 radical (unpaired) electrons. The molecule has 5 heteroatoms. The van der Waals surface area contributed by atoms with Gasteiger partial charge >= 0.3 is 0 Å². The van der Waals surface area contributed by atoms with Gasteiger partial charge in [0.15, 0.2) is 0 Å². The lowest BCUT2D eigenvalue weighted by atomic mass is 10.1. The number of phenolic OH excluding ortho intramolecular Hbond substituents is 3. The Labute approximate surface area is 135 Å². The van der Waals surface area contributed by atoms with Gasteiger partial charge in [-0.05, 0) is 38.1 Å². The van der Waals surface area contributed by atoms with Crippen LogP contribution in [0.4, 0.5) is 0 Å². The fraction of sp³-hybridized carbons (Fsp3) is 0.222. The van der Waals surface area contributed by atoms with Crippen LogP contribution in [0.2, 0.25) is 0 Å². The van der Waals surface area contributed by atoms with Crippen LogP contribution in [0.3, 0.4) is 0 Å². The molecule has 0 heterocycles. The summed E-state index contributed by atoms with van der Waals surface area (Å²) in [5, 5.41) is 28.8. The van der Waals surface area contributed by atoms with E-state index in [0.29, 0.717) is 29.9 Å². The zero-order valence-electron chi connectivity index (χ0n) is 13.2. The molecule has 0 unspecified atom stereocenters. The summed E-state index contributed by atoms with van der Waals surface area (Å²) < 4.78 is 0. The summed E-state index contributed by atoms with van der Waals surface area (Å²) in [7, 11) is 0. The van der Waals surface area contributed by atoms with Crippen LogP contribution in [-0.4, -0.2) is 39.8 Å².